The van der Waals surface area contributed by atoms with E-state index >= 15 is 0 Å². The Morgan fingerprint density at radius 1 is 1.19 bits per heavy atom. The van der Waals surface area contributed by atoms with Gasteiger partial charge in [-0.2, -0.15) is 4.31 Å². The molecular weight excluding hydrogens is 362 g/mol. The van der Waals surface area contributed by atoms with Crippen molar-refractivity contribution >= 4 is 15.9 Å². The summed E-state index contributed by atoms with van der Waals surface area (Å²) in [5, 5.41) is 6.34. The standard InChI is InChI=1S/C20H31N3O3S/c1-15-11-12-21-14-19(15)22-20(24)16-7-6-10-18(13-16)27(25,26)23(2)17-8-4-3-5-9-17/h6-7,10,13,15,17,19,21H,3-5,8-9,11-12,14H2,1-2H3,(H,22,24). The van der Waals surface area contributed by atoms with Crippen LogP contribution < -0.4 is 10.6 Å². The molecule has 0 spiro atoms. The third kappa shape index (κ3) is 4.70. The lowest BCUT2D eigenvalue weighted by Crippen LogP contribution is -2.50. The van der Waals surface area contributed by atoms with Gasteiger partial charge in [0.25, 0.3) is 5.91 Å². The molecule has 2 fully saturated rings. The molecule has 6 nitrogen and oxygen atoms in total. The average Bonchev–Trinajstić information content (AvgIpc) is 2.70. The van der Waals surface area contributed by atoms with Crippen molar-refractivity contribution in [3.8, 4) is 0 Å². The summed E-state index contributed by atoms with van der Waals surface area (Å²) in [5.41, 5.74) is 0.394. The monoisotopic (exact) mass is 393 g/mol. The summed E-state index contributed by atoms with van der Waals surface area (Å²) in [4.78, 5) is 12.9. The van der Waals surface area contributed by atoms with Crippen LogP contribution in [0.2, 0.25) is 0 Å². The zero-order valence-electron chi connectivity index (χ0n) is 16.3. The third-order valence-corrected chi connectivity index (χ3v) is 7.91. The molecule has 1 amide bonds. The van der Waals surface area contributed by atoms with Crippen LogP contribution in [0, 0.1) is 5.92 Å². The van der Waals surface area contributed by atoms with E-state index in [1.54, 1.807) is 25.2 Å². The molecule has 1 aliphatic heterocycles. The second-order valence-electron chi connectivity index (χ2n) is 7.89. The minimum absolute atomic E-state index is 0.0513. The van der Waals surface area contributed by atoms with Gasteiger partial charge in [-0.3, -0.25) is 4.79 Å². The summed E-state index contributed by atoms with van der Waals surface area (Å²) in [6.07, 6.45) is 6.14. The SMILES string of the molecule is CC1CCNCC1NC(=O)c1cccc(S(=O)(=O)N(C)C2CCCCC2)c1. The predicted molar refractivity (Wildman–Crippen MR) is 106 cm³/mol. The maximum Gasteiger partial charge on any atom is 0.251 e. The summed E-state index contributed by atoms with van der Waals surface area (Å²) in [7, 11) is -1.94. The van der Waals surface area contributed by atoms with Gasteiger partial charge in [0.1, 0.15) is 0 Å². The number of nitrogens with one attached hydrogen (secondary N) is 2. The van der Waals surface area contributed by atoms with Crippen molar-refractivity contribution in [2.75, 3.05) is 20.1 Å². The number of hydrogen-bond acceptors (Lipinski definition) is 4. The first-order chi connectivity index (χ1) is 12.9. The van der Waals surface area contributed by atoms with Gasteiger partial charge in [0.05, 0.1) is 4.90 Å². The smallest absolute Gasteiger partial charge is 0.251 e. The topological polar surface area (TPSA) is 78.5 Å². The molecule has 150 valence electrons. The van der Waals surface area contributed by atoms with Crippen molar-refractivity contribution in [2.45, 2.75) is 62.4 Å². The van der Waals surface area contributed by atoms with Crippen molar-refractivity contribution in [3.63, 3.8) is 0 Å². The second kappa shape index (κ2) is 8.71. The van der Waals surface area contributed by atoms with Gasteiger partial charge >= 0.3 is 0 Å². The molecule has 0 aromatic heterocycles. The molecule has 1 aromatic rings. The van der Waals surface area contributed by atoms with E-state index in [-0.39, 0.29) is 22.9 Å². The lowest BCUT2D eigenvalue weighted by atomic mass is 9.94. The fourth-order valence-corrected chi connectivity index (χ4v) is 5.50. The van der Waals surface area contributed by atoms with Gasteiger partial charge in [-0.05, 0) is 49.9 Å². The van der Waals surface area contributed by atoms with Crippen LogP contribution in [0.15, 0.2) is 29.2 Å². The maximum absolute atomic E-state index is 13.0. The fraction of sp³-hybridized carbons (Fsp3) is 0.650. The summed E-state index contributed by atoms with van der Waals surface area (Å²) in [6.45, 7) is 3.84. The highest BCUT2D eigenvalue weighted by Crippen LogP contribution is 2.26. The van der Waals surface area contributed by atoms with Crippen LogP contribution >= 0.6 is 0 Å². The van der Waals surface area contributed by atoms with Gasteiger partial charge in [0, 0.05) is 31.2 Å². The molecule has 7 heteroatoms. The first kappa shape index (κ1) is 20.3. The van der Waals surface area contributed by atoms with E-state index in [0.29, 0.717) is 11.5 Å². The first-order valence-electron chi connectivity index (χ1n) is 9.99. The molecule has 2 aliphatic rings. The molecular formula is C20H31N3O3S. The molecule has 1 aliphatic carbocycles. The normalized spacial score (nSPS) is 24.7. The zero-order chi connectivity index (χ0) is 19.4. The van der Waals surface area contributed by atoms with Crippen molar-refractivity contribution in [1.29, 1.82) is 0 Å². The molecule has 1 saturated carbocycles. The lowest BCUT2D eigenvalue weighted by Gasteiger charge is -2.31. The van der Waals surface area contributed by atoms with Crippen molar-refractivity contribution in [2.24, 2.45) is 5.92 Å². The molecule has 1 heterocycles. The van der Waals surface area contributed by atoms with Crippen LogP contribution in [-0.4, -0.2) is 50.9 Å². The molecule has 1 aromatic carbocycles. The summed E-state index contributed by atoms with van der Waals surface area (Å²) in [5.74, 6) is 0.187. The van der Waals surface area contributed by atoms with E-state index in [1.165, 1.54) is 16.8 Å². The Morgan fingerprint density at radius 3 is 2.63 bits per heavy atom. The van der Waals surface area contributed by atoms with Gasteiger partial charge in [0.15, 0.2) is 0 Å². The van der Waals surface area contributed by atoms with Gasteiger partial charge in [-0.25, -0.2) is 8.42 Å². The van der Waals surface area contributed by atoms with Crippen LogP contribution in [0.3, 0.4) is 0 Å². The van der Waals surface area contributed by atoms with Crippen LogP contribution in [-0.2, 0) is 10.0 Å². The minimum Gasteiger partial charge on any atom is -0.348 e. The Kier molecular flexibility index (Phi) is 6.55. The van der Waals surface area contributed by atoms with E-state index in [1.807, 2.05) is 0 Å². The van der Waals surface area contributed by atoms with E-state index in [9.17, 15) is 13.2 Å². The Hall–Kier alpha value is -1.44. The fourth-order valence-electron chi connectivity index (χ4n) is 4.04. The van der Waals surface area contributed by atoms with Gasteiger partial charge in [0.2, 0.25) is 10.0 Å². The van der Waals surface area contributed by atoms with E-state index < -0.39 is 10.0 Å². The Balaban J connectivity index is 1.74. The highest BCUT2D eigenvalue weighted by atomic mass is 32.2. The van der Waals surface area contributed by atoms with Gasteiger partial charge in [-0.15, -0.1) is 0 Å². The molecule has 1 saturated heterocycles. The van der Waals surface area contributed by atoms with Crippen LogP contribution in [0.25, 0.3) is 0 Å². The molecule has 2 atom stereocenters. The predicted octanol–water partition coefficient (Wildman–Crippen LogP) is 2.37. The number of nitrogens with zero attached hydrogens (tertiary/aromatic N) is 1. The van der Waals surface area contributed by atoms with Gasteiger partial charge in [-0.1, -0.05) is 32.3 Å². The molecule has 2 N–H and O–H groups in total. The minimum atomic E-state index is -3.60. The van der Waals surface area contributed by atoms with E-state index in [4.69, 9.17) is 0 Å². The van der Waals surface area contributed by atoms with Crippen molar-refractivity contribution in [3.05, 3.63) is 29.8 Å². The summed E-state index contributed by atoms with van der Waals surface area (Å²) in [6, 6.07) is 6.53. The largest absolute Gasteiger partial charge is 0.348 e. The zero-order valence-corrected chi connectivity index (χ0v) is 17.1. The highest BCUT2D eigenvalue weighted by molar-refractivity contribution is 7.89. The molecule has 27 heavy (non-hydrogen) atoms. The number of rotatable bonds is 5. The van der Waals surface area contributed by atoms with Gasteiger partial charge < -0.3 is 10.6 Å². The first-order valence-corrected chi connectivity index (χ1v) is 11.4. The number of piperidine rings is 1. The number of hydrogen-bond donors (Lipinski definition) is 2. The maximum atomic E-state index is 13.0. The Morgan fingerprint density at radius 2 is 1.93 bits per heavy atom. The lowest BCUT2D eigenvalue weighted by molar-refractivity contribution is 0.0915. The average molecular weight is 394 g/mol. The number of sulfonamides is 1. The van der Waals surface area contributed by atoms with Crippen molar-refractivity contribution < 1.29 is 13.2 Å². The van der Waals surface area contributed by atoms with Crippen LogP contribution in [0.1, 0.15) is 55.8 Å². The molecule has 0 radical (unpaired) electrons. The number of carbonyl (C=O) groups excluding carboxylic acids is 1. The number of carbonyl (C=O) groups is 1. The summed E-state index contributed by atoms with van der Waals surface area (Å²) < 4.78 is 27.6. The highest BCUT2D eigenvalue weighted by Gasteiger charge is 2.30. The Labute approximate surface area is 162 Å². The molecule has 0 bridgehead atoms. The Bertz CT molecular complexity index is 759. The van der Waals surface area contributed by atoms with Crippen LogP contribution in [0.5, 0.6) is 0 Å². The quantitative estimate of drug-likeness (QED) is 0.805. The molecule has 2 unspecified atom stereocenters. The number of amides is 1. The number of benzene rings is 1. The third-order valence-electron chi connectivity index (χ3n) is 6.01. The van der Waals surface area contributed by atoms with Crippen LogP contribution in [0.4, 0.5) is 0 Å². The second-order valence-corrected chi connectivity index (χ2v) is 9.89. The van der Waals surface area contributed by atoms with Crippen molar-refractivity contribution in [1.82, 2.24) is 14.9 Å². The molecule has 3 rings (SSSR count). The van der Waals surface area contributed by atoms with E-state index in [2.05, 4.69) is 17.6 Å². The van der Waals surface area contributed by atoms with E-state index in [0.717, 1.165) is 45.2 Å². The summed E-state index contributed by atoms with van der Waals surface area (Å²) >= 11 is 0.